The summed E-state index contributed by atoms with van der Waals surface area (Å²) in [4.78, 5) is 31.9. The molecule has 170 valence electrons. The number of amides is 1. The summed E-state index contributed by atoms with van der Waals surface area (Å²) in [6.45, 7) is 0.510. The summed E-state index contributed by atoms with van der Waals surface area (Å²) in [7, 11) is -3.61. The van der Waals surface area contributed by atoms with Crippen LogP contribution in [0.15, 0.2) is 63.3 Å². The van der Waals surface area contributed by atoms with Gasteiger partial charge in [-0.25, -0.2) is 18.1 Å². The van der Waals surface area contributed by atoms with E-state index in [9.17, 15) is 18.0 Å². The number of hydrogen-bond acceptors (Lipinski definition) is 7. The molecule has 5 rings (SSSR count). The molecule has 0 radical (unpaired) electrons. The van der Waals surface area contributed by atoms with Crippen molar-refractivity contribution in [3.8, 4) is 5.69 Å². The Bertz CT molecular complexity index is 1480. The summed E-state index contributed by atoms with van der Waals surface area (Å²) in [6.07, 6.45) is 3.91. The molecule has 3 aromatic heterocycles. The van der Waals surface area contributed by atoms with Crippen LogP contribution in [-0.4, -0.2) is 51.5 Å². The maximum atomic E-state index is 13.1. The third-order valence-electron chi connectivity index (χ3n) is 5.61. The number of hydrogen-bond donors (Lipinski definition) is 2. The van der Waals surface area contributed by atoms with Gasteiger partial charge in [0.25, 0.3) is 15.6 Å². The van der Waals surface area contributed by atoms with E-state index in [4.69, 9.17) is 0 Å². The second kappa shape index (κ2) is 8.54. The highest BCUT2D eigenvalue weighted by atomic mass is 32.2. The fraction of sp³-hybridized carbons (Fsp3) is 0.238. The smallest absolute Gasteiger partial charge is 0.261 e. The maximum absolute atomic E-state index is 13.1. The number of thiophene rings is 1. The fourth-order valence-corrected chi connectivity index (χ4v) is 6.61. The molecular weight excluding hydrogens is 464 g/mol. The van der Waals surface area contributed by atoms with Gasteiger partial charge in [-0.15, -0.1) is 11.3 Å². The minimum atomic E-state index is -3.61. The number of aromatic nitrogens is 4. The lowest BCUT2D eigenvalue weighted by Gasteiger charge is -2.31. The predicted octanol–water partition coefficient (Wildman–Crippen LogP) is 2.21. The Morgan fingerprint density at radius 3 is 2.88 bits per heavy atom. The van der Waals surface area contributed by atoms with E-state index in [2.05, 4.69) is 20.4 Å². The zero-order valence-corrected chi connectivity index (χ0v) is 19.0. The summed E-state index contributed by atoms with van der Waals surface area (Å²) in [5, 5.41) is 9.25. The number of benzene rings is 1. The molecule has 0 saturated carbocycles. The van der Waals surface area contributed by atoms with Crippen LogP contribution in [0.3, 0.4) is 0 Å². The van der Waals surface area contributed by atoms with Crippen molar-refractivity contribution in [3.63, 3.8) is 0 Å². The lowest BCUT2D eigenvalue weighted by Crippen LogP contribution is -2.43. The van der Waals surface area contributed by atoms with Gasteiger partial charge < -0.3 is 10.3 Å². The van der Waals surface area contributed by atoms with Gasteiger partial charge in [0.15, 0.2) is 5.65 Å². The van der Waals surface area contributed by atoms with Crippen molar-refractivity contribution in [1.82, 2.24) is 24.1 Å². The van der Waals surface area contributed by atoms with Crippen LogP contribution in [0.2, 0.25) is 0 Å². The van der Waals surface area contributed by atoms with Crippen LogP contribution in [-0.2, 0) is 14.8 Å². The first-order chi connectivity index (χ1) is 15.9. The number of nitrogens with one attached hydrogen (secondary N) is 2. The normalized spacial score (nSPS) is 17.3. The molecule has 0 spiro atoms. The highest BCUT2D eigenvalue weighted by Crippen LogP contribution is 2.28. The molecule has 1 fully saturated rings. The lowest BCUT2D eigenvalue weighted by molar-refractivity contribution is -0.120. The lowest BCUT2D eigenvalue weighted by atomic mass is 9.98. The van der Waals surface area contributed by atoms with Crippen molar-refractivity contribution < 1.29 is 13.2 Å². The number of para-hydroxylation sites is 2. The van der Waals surface area contributed by atoms with E-state index in [0.717, 1.165) is 0 Å². The molecule has 1 aliphatic heterocycles. The first-order valence-corrected chi connectivity index (χ1v) is 12.6. The van der Waals surface area contributed by atoms with Gasteiger partial charge in [-0.3, -0.25) is 9.59 Å². The third kappa shape index (κ3) is 3.96. The van der Waals surface area contributed by atoms with E-state index in [-0.39, 0.29) is 22.2 Å². The van der Waals surface area contributed by atoms with Crippen molar-refractivity contribution in [3.05, 3.63) is 64.7 Å². The van der Waals surface area contributed by atoms with Gasteiger partial charge >= 0.3 is 0 Å². The highest BCUT2D eigenvalue weighted by molar-refractivity contribution is 7.91. The largest absolute Gasteiger partial charge is 0.324 e. The van der Waals surface area contributed by atoms with Crippen molar-refractivity contribution in [2.24, 2.45) is 5.92 Å². The molecule has 0 bridgehead atoms. The number of anilines is 1. The maximum Gasteiger partial charge on any atom is 0.261 e. The highest BCUT2D eigenvalue weighted by Gasteiger charge is 2.34. The molecule has 0 aliphatic carbocycles. The molecule has 33 heavy (non-hydrogen) atoms. The summed E-state index contributed by atoms with van der Waals surface area (Å²) in [6, 6.07) is 10.3. The molecular formula is C21H20N6O4S2. The van der Waals surface area contributed by atoms with Crippen LogP contribution in [0.5, 0.6) is 0 Å². The summed E-state index contributed by atoms with van der Waals surface area (Å²) in [5.41, 5.74) is 1.11. The van der Waals surface area contributed by atoms with Crippen LogP contribution in [0.1, 0.15) is 12.8 Å². The number of carbonyl (C=O) groups excluding carboxylic acids is 1. The predicted molar refractivity (Wildman–Crippen MR) is 124 cm³/mol. The quantitative estimate of drug-likeness (QED) is 0.447. The van der Waals surface area contributed by atoms with Crippen LogP contribution in [0, 0.1) is 5.92 Å². The average Bonchev–Trinajstić information content (AvgIpc) is 3.51. The summed E-state index contributed by atoms with van der Waals surface area (Å²) < 4.78 is 28.9. The SMILES string of the molecule is O=C(Nc1ccccc1-n1ncc2c(=O)[nH]cnc21)C1CCCN(S(=O)(=O)c2cccs2)C1. The number of carbonyl (C=O) groups is 1. The second-order valence-electron chi connectivity index (χ2n) is 7.67. The van der Waals surface area contributed by atoms with Gasteiger partial charge in [-0.1, -0.05) is 18.2 Å². The first kappa shape index (κ1) is 21.5. The van der Waals surface area contributed by atoms with Crippen LogP contribution >= 0.6 is 11.3 Å². The number of nitrogens with zero attached hydrogens (tertiary/aromatic N) is 4. The van der Waals surface area contributed by atoms with E-state index in [1.54, 1.807) is 41.8 Å². The zero-order valence-electron chi connectivity index (χ0n) is 17.3. The molecule has 1 aliphatic rings. The molecule has 4 aromatic rings. The molecule has 1 aromatic carbocycles. The van der Waals surface area contributed by atoms with E-state index in [0.29, 0.717) is 41.8 Å². The molecule has 4 heterocycles. The molecule has 2 N–H and O–H groups in total. The second-order valence-corrected chi connectivity index (χ2v) is 10.8. The monoisotopic (exact) mass is 484 g/mol. The molecule has 1 amide bonds. The van der Waals surface area contributed by atoms with E-state index in [1.165, 1.54) is 32.8 Å². The molecule has 1 atom stereocenters. The first-order valence-electron chi connectivity index (χ1n) is 10.3. The van der Waals surface area contributed by atoms with Crippen molar-refractivity contribution in [1.29, 1.82) is 0 Å². The fourth-order valence-electron chi connectivity index (χ4n) is 3.94. The van der Waals surface area contributed by atoms with Crippen molar-refractivity contribution in [2.75, 3.05) is 18.4 Å². The van der Waals surface area contributed by atoms with Crippen LogP contribution in [0.4, 0.5) is 5.69 Å². The van der Waals surface area contributed by atoms with Gasteiger partial charge in [0.1, 0.15) is 9.60 Å². The van der Waals surface area contributed by atoms with Gasteiger partial charge in [-0.05, 0) is 36.4 Å². The number of sulfonamides is 1. The van der Waals surface area contributed by atoms with E-state index < -0.39 is 15.9 Å². The summed E-state index contributed by atoms with van der Waals surface area (Å²) >= 11 is 1.17. The van der Waals surface area contributed by atoms with Crippen molar-refractivity contribution in [2.45, 2.75) is 17.1 Å². The summed E-state index contributed by atoms with van der Waals surface area (Å²) in [5.74, 6) is -0.757. The average molecular weight is 485 g/mol. The van der Waals surface area contributed by atoms with Gasteiger partial charge in [0.05, 0.1) is 29.8 Å². The number of piperidine rings is 1. The minimum absolute atomic E-state index is 0.121. The minimum Gasteiger partial charge on any atom is -0.324 e. The third-order valence-corrected chi connectivity index (χ3v) is 8.84. The zero-order chi connectivity index (χ0) is 23.0. The Morgan fingerprint density at radius 2 is 2.06 bits per heavy atom. The molecule has 10 nitrogen and oxygen atoms in total. The van der Waals surface area contributed by atoms with Gasteiger partial charge in [0, 0.05) is 13.1 Å². The van der Waals surface area contributed by atoms with Crippen LogP contribution in [0.25, 0.3) is 16.7 Å². The number of rotatable bonds is 5. The number of fused-ring (bicyclic) bond motifs is 1. The Labute approximate surface area is 192 Å². The molecule has 12 heteroatoms. The van der Waals surface area contributed by atoms with Crippen LogP contribution < -0.4 is 10.9 Å². The number of H-pyrrole nitrogens is 1. The van der Waals surface area contributed by atoms with Gasteiger partial charge in [0.2, 0.25) is 5.91 Å². The Balaban J connectivity index is 1.40. The van der Waals surface area contributed by atoms with E-state index in [1.807, 2.05) is 0 Å². The van der Waals surface area contributed by atoms with E-state index >= 15 is 0 Å². The topological polar surface area (TPSA) is 130 Å². The number of aromatic amines is 1. The Morgan fingerprint density at radius 1 is 1.21 bits per heavy atom. The molecule has 1 saturated heterocycles. The standard InChI is InChI=1S/C21H20N6O4S2/c28-20(14-5-3-9-26(12-14)33(30,31)18-8-4-10-32-18)25-16-6-1-2-7-17(16)27-19-15(11-24-27)21(29)23-13-22-19/h1-2,4,6-8,10-11,13-14H,3,5,9,12H2,(H,25,28)(H,22,23,29). The molecule has 1 unspecified atom stereocenters. The van der Waals surface area contributed by atoms with Crippen molar-refractivity contribution >= 4 is 44.0 Å². The Hall–Kier alpha value is -3.35. The van der Waals surface area contributed by atoms with Gasteiger partial charge in [-0.2, -0.15) is 9.40 Å². The Kier molecular flexibility index (Phi) is 5.56.